The van der Waals surface area contributed by atoms with E-state index in [1.807, 2.05) is 17.0 Å². The number of nitrogens with zero attached hydrogens (tertiary/aromatic N) is 1. The van der Waals surface area contributed by atoms with Gasteiger partial charge in [-0.25, -0.2) is 0 Å². The molecule has 4 rings (SSSR count). The van der Waals surface area contributed by atoms with E-state index in [-0.39, 0.29) is 5.91 Å². The Morgan fingerprint density at radius 3 is 2.79 bits per heavy atom. The third-order valence-electron chi connectivity index (χ3n) is 5.32. The summed E-state index contributed by atoms with van der Waals surface area (Å²) in [5.41, 5.74) is 4.79. The van der Waals surface area contributed by atoms with Gasteiger partial charge in [0, 0.05) is 25.2 Å². The number of fused-ring (bicyclic) bond motifs is 1. The molecule has 1 fully saturated rings. The average Bonchev–Trinajstić information content (AvgIpc) is 2.68. The summed E-state index contributed by atoms with van der Waals surface area (Å²) in [6, 6.07) is 16.7. The average molecular weight is 320 g/mol. The summed E-state index contributed by atoms with van der Waals surface area (Å²) in [4.78, 5) is 14.9. The van der Waals surface area contributed by atoms with Crippen LogP contribution < -0.4 is 5.32 Å². The van der Waals surface area contributed by atoms with Crippen molar-refractivity contribution >= 4 is 5.91 Å². The molecule has 124 valence electrons. The van der Waals surface area contributed by atoms with E-state index >= 15 is 0 Å². The van der Waals surface area contributed by atoms with Gasteiger partial charge in [0.25, 0.3) is 5.91 Å². The zero-order chi connectivity index (χ0) is 16.4. The number of hydrogen-bond acceptors (Lipinski definition) is 2. The second-order valence-corrected chi connectivity index (χ2v) is 6.91. The van der Waals surface area contributed by atoms with Gasteiger partial charge in [0.1, 0.15) is 0 Å². The number of hydrogen-bond donors (Lipinski definition) is 1. The Labute approximate surface area is 143 Å². The predicted molar refractivity (Wildman–Crippen MR) is 96.2 cm³/mol. The number of carbonyl (C=O) groups is 1. The number of amides is 1. The lowest BCUT2D eigenvalue weighted by Gasteiger charge is -2.29. The molecule has 0 saturated carbocycles. The van der Waals surface area contributed by atoms with E-state index in [1.165, 1.54) is 29.5 Å². The molecule has 2 aliphatic heterocycles. The molecular weight excluding hydrogens is 296 g/mol. The van der Waals surface area contributed by atoms with E-state index in [0.717, 1.165) is 38.2 Å². The molecule has 2 aliphatic rings. The third-order valence-corrected chi connectivity index (χ3v) is 5.32. The van der Waals surface area contributed by atoms with Crippen LogP contribution in [0.4, 0.5) is 0 Å². The van der Waals surface area contributed by atoms with Gasteiger partial charge < -0.3 is 10.2 Å². The molecule has 0 radical (unpaired) electrons. The summed E-state index contributed by atoms with van der Waals surface area (Å²) >= 11 is 0. The lowest BCUT2D eigenvalue weighted by Crippen LogP contribution is -2.36. The van der Waals surface area contributed by atoms with Crippen LogP contribution in [-0.4, -0.2) is 30.4 Å². The van der Waals surface area contributed by atoms with Crippen LogP contribution in [0.1, 0.15) is 45.8 Å². The van der Waals surface area contributed by atoms with Crippen LogP contribution in [0, 0.1) is 0 Å². The first-order valence-electron chi connectivity index (χ1n) is 8.98. The van der Waals surface area contributed by atoms with E-state index in [9.17, 15) is 4.79 Å². The molecule has 3 heteroatoms. The van der Waals surface area contributed by atoms with E-state index in [0.29, 0.717) is 5.92 Å². The van der Waals surface area contributed by atoms with Crippen molar-refractivity contribution in [2.75, 3.05) is 19.6 Å². The van der Waals surface area contributed by atoms with Crippen LogP contribution in [0.5, 0.6) is 0 Å². The quantitative estimate of drug-likeness (QED) is 0.920. The Balaban J connectivity index is 1.52. The van der Waals surface area contributed by atoms with Crippen molar-refractivity contribution < 1.29 is 4.79 Å². The zero-order valence-corrected chi connectivity index (χ0v) is 14.0. The minimum Gasteiger partial charge on any atom is -0.334 e. The van der Waals surface area contributed by atoms with Crippen LogP contribution in [0.2, 0.25) is 0 Å². The standard InChI is InChI=1S/C21H24N2O/c24-21(23-12-10-16-5-1-2-6-20(16)15-23)18-8-3-7-17(13-18)19-9-4-11-22-14-19/h1-3,5-8,13,19,22H,4,9-12,14-15H2/t19-/m1/s1. The summed E-state index contributed by atoms with van der Waals surface area (Å²) < 4.78 is 0. The second kappa shape index (κ2) is 6.78. The normalized spacial score (nSPS) is 20.5. The van der Waals surface area contributed by atoms with Crippen molar-refractivity contribution in [3.05, 3.63) is 70.8 Å². The highest BCUT2D eigenvalue weighted by atomic mass is 16.2. The largest absolute Gasteiger partial charge is 0.334 e. The number of piperidine rings is 1. The molecule has 1 amide bonds. The van der Waals surface area contributed by atoms with Gasteiger partial charge in [0.15, 0.2) is 0 Å². The van der Waals surface area contributed by atoms with Gasteiger partial charge in [-0.15, -0.1) is 0 Å². The van der Waals surface area contributed by atoms with Gasteiger partial charge in [-0.3, -0.25) is 4.79 Å². The first-order chi connectivity index (χ1) is 11.8. The van der Waals surface area contributed by atoms with E-state index in [2.05, 4.69) is 41.7 Å². The first kappa shape index (κ1) is 15.4. The Hall–Kier alpha value is -2.13. The number of rotatable bonds is 2. The smallest absolute Gasteiger partial charge is 0.254 e. The summed E-state index contributed by atoms with van der Waals surface area (Å²) in [5.74, 6) is 0.698. The van der Waals surface area contributed by atoms with Gasteiger partial charge in [0.05, 0.1) is 0 Å². The number of benzene rings is 2. The van der Waals surface area contributed by atoms with Gasteiger partial charge in [-0.2, -0.15) is 0 Å². The van der Waals surface area contributed by atoms with Crippen molar-refractivity contribution in [3.63, 3.8) is 0 Å². The molecule has 2 aromatic rings. The minimum absolute atomic E-state index is 0.162. The third kappa shape index (κ3) is 3.09. The Morgan fingerprint density at radius 2 is 1.96 bits per heavy atom. The van der Waals surface area contributed by atoms with Gasteiger partial charge in [0.2, 0.25) is 0 Å². The number of nitrogens with one attached hydrogen (secondary N) is 1. The molecule has 0 bridgehead atoms. The summed E-state index contributed by atoms with van der Waals surface area (Å²) in [5, 5.41) is 3.46. The molecule has 24 heavy (non-hydrogen) atoms. The fourth-order valence-electron chi connectivity index (χ4n) is 3.91. The monoisotopic (exact) mass is 320 g/mol. The maximum Gasteiger partial charge on any atom is 0.254 e. The fraction of sp³-hybridized carbons (Fsp3) is 0.381. The summed E-state index contributed by atoms with van der Waals surface area (Å²) in [7, 11) is 0. The topological polar surface area (TPSA) is 32.3 Å². The molecule has 2 heterocycles. The lowest BCUT2D eigenvalue weighted by molar-refractivity contribution is 0.0734. The maximum absolute atomic E-state index is 13.0. The molecule has 3 nitrogen and oxygen atoms in total. The Kier molecular flexibility index (Phi) is 4.35. The van der Waals surface area contributed by atoms with Crippen molar-refractivity contribution in [1.82, 2.24) is 10.2 Å². The van der Waals surface area contributed by atoms with Gasteiger partial charge in [-0.05, 0) is 60.5 Å². The van der Waals surface area contributed by atoms with E-state index in [4.69, 9.17) is 0 Å². The van der Waals surface area contributed by atoms with Gasteiger partial charge in [-0.1, -0.05) is 36.4 Å². The fourth-order valence-corrected chi connectivity index (χ4v) is 3.91. The van der Waals surface area contributed by atoms with Crippen molar-refractivity contribution in [2.24, 2.45) is 0 Å². The van der Waals surface area contributed by atoms with Gasteiger partial charge >= 0.3 is 0 Å². The van der Waals surface area contributed by atoms with E-state index in [1.54, 1.807) is 0 Å². The van der Waals surface area contributed by atoms with Crippen LogP contribution in [0.3, 0.4) is 0 Å². The molecule has 0 aromatic heterocycles. The van der Waals surface area contributed by atoms with Crippen LogP contribution in [-0.2, 0) is 13.0 Å². The van der Waals surface area contributed by atoms with Crippen molar-refractivity contribution in [3.8, 4) is 0 Å². The molecule has 1 atom stereocenters. The molecule has 0 aliphatic carbocycles. The SMILES string of the molecule is O=C(c1cccc([C@@H]2CCCNC2)c1)N1CCc2ccccc2C1. The molecule has 1 N–H and O–H groups in total. The number of carbonyl (C=O) groups excluding carboxylic acids is 1. The molecular formula is C21H24N2O. The molecule has 1 saturated heterocycles. The van der Waals surface area contributed by atoms with E-state index < -0.39 is 0 Å². The second-order valence-electron chi connectivity index (χ2n) is 6.91. The highest BCUT2D eigenvalue weighted by Crippen LogP contribution is 2.25. The highest BCUT2D eigenvalue weighted by Gasteiger charge is 2.22. The summed E-state index contributed by atoms with van der Waals surface area (Å²) in [6.45, 7) is 3.67. The molecule has 2 aromatic carbocycles. The Morgan fingerprint density at radius 1 is 1.08 bits per heavy atom. The molecule has 0 spiro atoms. The summed E-state index contributed by atoms with van der Waals surface area (Å²) in [6.07, 6.45) is 3.38. The molecule has 0 unspecified atom stereocenters. The van der Waals surface area contributed by atoms with Crippen molar-refractivity contribution in [1.29, 1.82) is 0 Å². The van der Waals surface area contributed by atoms with Crippen molar-refractivity contribution in [2.45, 2.75) is 31.7 Å². The van der Waals surface area contributed by atoms with Crippen LogP contribution >= 0.6 is 0 Å². The zero-order valence-electron chi connectivity index (χ0n) is 14.0. The minimum atomic E-state index is 0.162. The Bertz CT molecular complexity index is 734. The predicted octanol–water partition coefficient (Wildman–Crippen LogP) is 3.35. The van der Waals surface area contributed by atoms with Crippen LogP contribution in [0.25, 0.3) is 0 Å². The maximum atomic E-state index is 13.0. The lowest BCUT2D eigenvalue weighted by atomic mass is 9.90. The highest BCUT2D eigenvalue weighted by molar-refractivity contribution is 5.94. The van der Waals surface area contributed by atoms with Crippen LogP contribution in [0.15, 0.2) is 48.5 Å². The first-order valence-corrected chi connectivity index (χ1v) is 8.98.